The van der Waals surface area contributed by atoms with E-state index in [9.17, 15) is 0 Å². The Morgan fingerprint density at radius 2 is 1.96 bits per heavy atom. The van der Waals surface area contributed by atoms with Crippen LogP contribution in [0.25, 0.3) is 11.0 Å². The van der Waals surface area contributed by atoms with Crippen LogP contribution >= 0.6 is 35.1 Å². The number of piperidine rings is 1. The largest absolute Gasteiger partial charge is 0.382 e. The standard InChI is InChI=1S/C17H20ClN7S2/c1-17(20-2)4-7-25(8-5-17)16-14-13(23-27-24-14)11(9-22-16)26-10-3-6-21-15(19)12(10)18/h3,6,9,20H,4-5,7-8H2,1-2H3,(H2,19,21). The third-order valence-corrected chi connectivity index (χ3v) is 7.23. The Bertz CT molecular complexity index is 969. The van der Waals surface area contributed by atoms with Crippen molar-refractivity contribution in [3.8, 4) is 0 Å². The maximum absolute atomic E-state index is 6.29. The van der Waals surface area contributed by atoms with E-state index in [1.807, 2.05) is 19.3 Å². The van der Waals surface area contributed by atoms with E-state index in [1.165, 1.54) is 23.5 Å². The number of fused-ring (bicyclic) bond motifs is 1. The molecular weight excluding hydrogens is 402 g/mol. The highest BCUT2D eigenvalue weighted by Crippen LogP contribution is 2.39. The Morgan fingerprint density at radius 1 is 1.22 bits per heavy atom. The van der Waals surface area contributed by atoms with Crippen molar-refractivity contribution >= 4 is 57.8 Å². The summed E-state index contributed by atoms with van der Waals surface area (Å²) in [5.41, 5.74) is 7.69. The Kier molecular flexibility index (Phi) is 5.11. The minimum Gasteiger partial charge on any atom is -0.382 e. The predicted molar refractivity (Wildman–Crippen MR) is 112 cm³/mol. The zero-order chi connectivity index (χ0) is 19.0. The van der Waals surface area contributed by atoms with Gasteiger partial charge in [-0.1, -0.05) is 23.4 Å². The average Bonchev–Trinajstić information content (AvgIpc) is 3.17. The van der Waals surface area contributed by atoms with Crippen LogP contribution in [0.4, 0.5) is 11.6 Å². The first-order valence-corrected chi connectivity index (χ1v) is 10.6. The lowest BCUT2D eigenvalue weighted by Gasteiger charge is -2.39. The van der Waals surface area contributed by atoms with Gasteiger partial charge in [0.15, 0.2) is 5.82 Å². The maximum Gasteiger partial charge on any atom is 0.158 e. The number of anilines is 2. The minimum absolute atomic E-state index is 0.184. The highest BCUT2D eigenvalue weighted by Gasteiger charge is 2.30. The molecule has 27 heavy (non-hydrogen) atoms. The van der Waals surface area contributed by atoms with E-state index < -0.39 is 0 Å². The zero-order valence-corrected chi connectivity index (χ0v) is 17.5. The number of hydrogen-bond donors (Lipinski definition) is 2. The Balaban J connectivity index is 1.64. The topological polar surface area (TPSA) is 92.8 Å². The van der Waals surface area contributed by atoms with E-state index >= 15 is 0 Å². The van der Waals surface area contributed by atoms with Crippen LogP contribution in [-0.4, -0.2) is 44.4 Å². The number of aromatic nitrogens is 4. The summed E-state index contributed by atoms with van der Waals surface area (Å²) in [5, 5.41) is 3.88. The van der Waals surface area contributed by atoms with Crippen LogP contribution in [0, 0.1) is 0 Å². The fourth-order valence-corrected chi connectivity index (χ4v) is 4.89. The number of nitrogen functional groups attached to an aromatic ring is 1. The molecule has 1 fully saturated rings. The van der Waals surface area contributed by atoms with E-state index in [0.29, 0.717) is 10.8 Å². The summed E-state index contributed by atoms with van der Waals surface area (Å²) in [7, 11) is 2.03. The van der Waals surface area contributed by atoms with Gasteiger partial charge in [-0.2, -0.15) is 8.75 Å². The Morgan fingerprint density at radius 3 is 2.70 bits per heavy atom. The lowest BCUT2D eigenvalue weighted by Crippen LogP contribution is -2.50. The van der Waals surface area contributed by atoms with Crippen LogP contribution < -0.4 is 16.0 Å². The third-order valence-electron chi connectivity index (χ3n) is 5.11. The first kappa shape index (κ1) is 18.7. The molecule has 4 rings (SSSR count). The van der Waals surface area contributed by atoms with Gasteiger partial charge in [0.25, 0.3) is 0 Å². The highest BCUT2D eigenvalue weighted by atomic mass is 35.5. The zero-order valence-electron chi connectivity index (χ0n) is 15.1. The summed E-state index contributed by atoms with van der Waals surface area (Å²) in [5.74, 6) is 1.22. The van der Waals surface area contributed by atoms with Crippen molar-refractivity contribution in [2.24, 2.45) is 0 Å². The second-order valence-corrected chi connectivity index (χ2v) is 8.81. The van der Waals surface area contributed by atoms with Crippen molar-refractivity contribution in [3.05, 3.63) is 23.5 Å². The van der Waals surface area contributed by atoms with Gasteiger partial charge >= 0.3 is 0 Å². The molecule has 0 spiro atoms. The van der Waals surface area contributed by atoms with Crippen molar-refractivity contribution in [1.29, 1.82) is 0 Å². The van der Waals surface area contributed by atoms with Gasteiger partial charge < -0.3 is 16.0 Å². The monoisotopic (exact) mass is 421 g/mol. The van der Waals surface area contributed by atoms with Gasteiger partial charge in [-0.25, -0.2) is 9.97 Å². The summed E-state index contributed by atoms with van der Waals surface area (Å²) >= 11 is 8.97. The number of hydrogen-bond acceptors (Lipinski definition) is 9. The molecule has 3 aromatic rings. The molecule has 7 nitrogen and oxygen atoms in total. The normalized spacial score (nSPS) is 16.8. The van der Waals surface area contributed by atoms with Gasteiger partial charge in [0.1, 0.15) is 16.9 Å². The molecule has 0 aliphatic carbocycles. The second-order valence-electron chi connectivity index (χ2n) is 6.82. The van der Waals surface area contributed by atoms with Crippen molar-refractivity contribution < 1.29 is 0 Å². The fourth-order valence-electron chi connectivity index (χ4n) is 3.15. The van der Waals surface area contributed by atoms with Gasteiger partial charge in [-0.15, -0.1) is 0 Å². The average molecular weight is 422 g/mol. The van der Waals surface area contributed by atoms with E-state index in [4.69, 9.17) is 22.3 Å². The Labute approximate surface area is 171 Å². The van der Waals surface area contributed by atoms with Gasteiger partial charge in [0.05, 0.1) is 21.6 Å². The molecule has 0 aromatic carbocycles. The van der Waals surface area contributed by atoms with Crippen molar-refractivity contribution in [1.82, 2.24) is 24.0 Å². The van der Waals surface area contributed by atoms with Gasteiger partial charge in [0, 0.05) is 35.9 Å². The number of nitrogens with two attached hydrogens (primary N) is 1. The molecule has 10 heteroatoms. The second kappa shape index (κ2) is 7.38. The summed E-state index contributed by atoms with van der Waals surface area (Å²) < 4.78 is 9.03. The molecule has 0 amide bonds. The molecule has 1 saturated heterocycles. The van der Waals surface area contributed by atoms with Crippen LogP contribution in [-0.2, 0) is 0 Å². The molecule has 1 aliphatic rings. The first-order chi connectivity index (χ1) is 13.0. The van der Waals surface area contributed by atoms with Crippen LogP contribution in [0.2, 0.25) is 5.02 Å². The molecule has 0 unspecified atom stereocenters. The van der Waals surface area contributed by atoms with Crippen LogP contribution in [0.1, 0.15) is 19.8 Å². The lowest BCUT2D eigenvalue weighted by atomic mass is 9.90. The predicted octanol–water partition coefficient (Wildman–Crippen LogP) is 3.45. The SMILES string of the molecule is CNC1(C)CCN(c2ncc(Sc3ccnc(N)c3Cl)c3nsnc23)CC1. The summed E-state index contributed by atoms with van der Waals surface area (Å²) in [4.78, 5) is 12.8. The molecule has 0 saturated carbocycles. The quantitative estimate of drug-likeness (QED) is 0.661. The third kappa shape index (κ3) is 3.56. The van der Waals surface area contributed by atoms with Crippen molar-refractivity contribution in [3.63, 3.8) is 0 Å². The van der Waals surface area contributed by atoms with E-state index in [2.05, 4.69) is 30.9 Å². The van der Waals surface area contributed by atoms with Crippen molar-refractivity contribution in [2.75, 3.05) is 30.8 Å². The van der Waals surface area contributed by atoms with Crippen LogP contribution in [0.15, 0.2) is 28.3 Å². The fraction of sp³-hybridized carbons (Fsp3) is 0.412. The smallest absolute Gasteiger partial charge is 0.158 e. The highest BCUT2D eigenvalue weighted by molar-refractivity contribution is 7.99. The molecule has 0 radical (unpaired) electrons. The summed E-state index contributed by atoms with van der Waals surface area (Å²) in [6.07, 6.45) is 5.62. The molecule has 0 atom stereocenters. The van der Waals surface area contributed by atoms with Gasteiger partial charge in [-0.3, -0.25) is 0 Å². The molecule has 3 aromatic heterocycles. The molecule has 3 N–H and O–H groups in total. The first-order valence-electron chi connectivity index (χ1n) is 8.64. The molecule has 4 heterocycles. The molecule has 142 valence electrons. The molecule has 1 aliphatic heterocycles. The summed E-state index contributed by atoms with van der Waals surface area (Å²) in [6, 6.07) is 1.84. The molecular formula is C17H20ClN7S2. The van der Waals surface area contributed by atoms with E-state index in [0.717, 1.165) is 52.6 Å². The van der Waals surface area contributed by atoms with Gasteiger partial charge in [0.2, 0.25) is 0 Å². The number of rotatable bonds is 4. The Hall–Kier alpha value is -1.68. The number of nitrogens with zero attached hydrogens (tertiary/aromatic N) is 5. The van der Waals surface area contributed by atoms with Crippen molar-refractivity contribution in [2.45, 2.75) is 35.1 Å². The van der Waals surface area contributed by atoms with Crippen LogP contribution in [0.5, 0.6) is 0 Å². The number of nitrogens with one attached hydrogen (secondary N) is 1. The minimum atomic E-state index is 0.184. The summed E-state index contributed by atoms with van der Waals surface area (Å²) in [6.45, 7) is 4.15. The molecule has 0 bridgehead atoms. The maximum atomic E-state index is 6.29. The van der Waals surface area contributed by atoms with E-state index in [-0.39, 0.29) is 5.54 Å². The lowest BCUT2D eigenvalue weighted by molar-refractivity contribution is 0.304. The van der Waals surface area contributed by atoms with E-state index in [1.54, 1.807) is 6.20 Å². The van der Waals surface area contributed by atoms with Gasteiger partial charge in [-0.05, 0) is 32.9 Å². The van der Waals surface area contributed by atoms with Crippen LogP contribution in [0.3, 0.4) is 0 Å². The number of halogens is 1. The number of pyridine rings is 2.